The highest BCUT2D eigenvalue weighted by molar-refractivity contribution is 5.98. The Bertz CT molecular complexity index is 789. The molecular weight excluding hydrogens is 324 g/mol. The highest BCUT2D eigenvalue weighted by atomic mass is 16.6. The standard InChI is InChI=1S/C18H18N2O5/c1-12(21)20-14-7-5-6-13(10-14)18(23)19-11-17(22)25-16-9-4-3-8-15(16)24-2/h3-10H,11H2,1-2H3,(H,19,23)(H,20,21). The molecule has 0 aromatic heterocycles. The maximum atomic E-state index is 12.1. The van der Waals surface area contributed by atoms with E-state index in [1.807, 2.05) is 0 Å². The predicted octanol–water partition coefficient (Wildman–Crippen LogP) is 1.99. The molecule has 0 aliphatic rings. The van der Waals surface area contributed by atoms with Crippen molar-refractivity contribution < 1.29 is 23.9 Å². The average Bonchev–Trinajstić information content (AvgIpc) is 2.60. The summed E-state index contributed by atoms with van der Waals surface area (Å²) in [7, 11) is 1.47. The van der Waals surface area contributed by atoms with Gasteiger partial charge in [-0.25, -0.2) is 4.79 Å². The largest absolute Gasteiger partial charge is 0.493 e. The van der Waals surface area contributed by atoms with Gasteiger partial charge in [-0.15, -0.1) is 0 Å². The number of methoxy groups -OCH3 is 1. The molecule has 2 rings (SSSR count). The van der Waals surface area contributed by atoms with E-state index in [1.54, 1.807) is 42.5 Å². The van der Waals surface area contributed by atoms with E-state index in [4.69, 9.17) is 9.47 Å². The van der Waals surface area contributed by atoms with Crippen molar-refractivity contribution in [1.82, 2.24) is 5.32 Å². The second-order valence-corrected chi connectivity index (χ2v) is 5.07. The van der Waals surface area contributed by atoms with Crippen molar-refractivity contribution in [3.63, 3.8) is 0 Å². The van der Waals surface area contributed by atoms with Crippen LogP contribution in [0.5, 0.6) is 11.5 Å². The first kappa shape index (κ1) is 18.0. The van der Waals surface area contributed by atoms with E-state index in [0.717, 1.165) is 0 Å². The first-order valence-electron chi connectivity index (χ1n) is 7.49. The number of carbonyl (C=O) groups is 3. The molecule has 2 amide bonds. The second kappa shape index (κ2) is 8.49. The number of hydrogen-bond donors (Lipinski definition) is 2. The molecule has 2 aromatic carbocycles. The molecule has 0 radical (unpaired) electrons. The average molecular weight is 342 g/mol. The number of carbonyl (C=O) groups excluding carboxylic acids is 3. The molecule has 0 bridgehead atoms. The van der Waals surface area contributed by atoms with Gasteiger partial charge < -0.3 is 20.1 Å². The van der Waals surface area contributed by atoms with Crippen LogP contribution in [0.1, 0.15) is 17.3 Å². The third-order valence-electron chi connectivity index (χ3n) is 3.13. The van der Waals surface area contributed by atoms with Crippen LogP contribution in [0.15, 0.2) is 48.5 Å². The number of para-hydroxylation sites is 2. The number of nitrogens with one attached hydrogen (secondary N) is 2. The Labute approximate surface area is 144 Å². The van der Waals surface area contributed by atoms with Crippen LogP contribution in [0.3, 0.4) is 0 Å². The van der Waals surface area contributed by atoms with Crippen LogP contribution in [0.2, 0.25) is 0 Å². The molecule has 25 heavy (non-hydrogen) atoms. The van der Waals surface area contributed by atoms with Crippen LogP contribution >= 0.6 is 0 Å². The van der Waals surface area contributed by atoms with Crippen molar-refractivity contribution in [3.8, 4) is 11.5 Å². The van der Waals surface area contributed by atoms with Gasteiger partial charge in [0.05, 0.1) is 7.11 Å². The number of benzene rings is 2. The number of rotatable bonds is 6. The van der Waals surface area contributed by atoms with Crippen molar-refractivity contribution in [3.05, 3.63) is 54.1 Å². The van der Waals surface area contributed by atoms with E-state index in [9.17, 15) is 14.4 Å². The number of ether oxygens (including phenoxy) is 2. The van der Waals surface area contributed by atoms with Crippen LogP contribution in [-0.4, -0.2) is 31.4 Å². The zero-order valence-corrected chi connectivity index (χ0v) is 13.9. The van der Waals surface area contributed by atoms with Gasteiger partial charge in [0.15, 0.2) is 11.5 Å². The van der Waals surface area contributed by atoms with Gasteiger partial charge in [-0.3, -0.25) is 9.59 Å². The smallest absolute Gasteiger partial charge is 0.330 e. The van der Waals surface area contributed by atoms with E-state index in [1.165, 1.54) is 20.1 Å². The molecule has 0 saturated heterocycles. The Morgan fingerprint density at radius 3 is 2.40 bits per heavy atom. The lowest BCUT2D eigenvalue weighted by atomic mass is 10.2. The summed E-state index contributed by atoms with van der Waals surface area (Å²) in [6.07, 6.45) is 0. The summed E-state index contributed by atoms with van der Waals surface area (Å²) in [5, 5.41) is 5.06. The number of hydrogen-bond acceptors (Lipinski definition) is 5. The van der Waals surface area contributed by atoms with Gasteiger partial charge in [-0.05, 0) is 30.3 Å². The highest BCUT2D eigenvalue weighted by Crippen LogP contribution is 2.25. The minimum Gasteiger partial charge on any atom is -0.493 e. The molecule has 7 nitrogen and oxygen atoms in total. The Kier molecular flexibility index (Phi) is 6.11. The Morgan fingerprint density at radius 2 is 1.72 bits per heavy atom. The predicted molar refractivity (Wildman–Crippen MR) is 91.7 cm³/mol. The summed E-state index contributed by atoms with van der Waals surface area (Å²) in [4.78, 5) is 35.0. The van der Waals surface area contributed by atoms with Gasteiger partial charge >= 0.3 is 5.97 Å². The summed E-state index contributed by atoms with van der Waals surface area (Å²) in [5.41, 5.74) is 0.813. The Balaban J connectivity index is 1.93. The summed E-state index contributed by atoms with van der Waals surface area (Å²) >= 11 is 0. The first-order valence-corrected chi connectivity index (χ1v) is 7.49. The zero-order valence-electron chi connectivity index (χ0n) is 13.9. The van der Waals surface area contributed by atoms with Gasteiger partial charge in [0.25, 0.3) is 5.91 Å². The molecular formula is C18H18N2O5. The van der Waals surface area contributed by atoms with Gasteiger partial charge in [0, 0.05) is 18.2 Å². The van der Waals surface area contributed by atoms with Crippen molar-refractivity contribution in [2.24, 2.45) is 0 Å². The third kappa shape index (κ3) is 5.35. The van der Waals surface area contributed by atoms with Crippen LogP contribution < -0.4 is 20.1 Å². The van der Waals surface area contributed by atoms with Crippen LogP contribution in [0.4, 0.5) is 5.69 Å². The monoisotopic (exact) mass is 342 g/mol. The summed E-state index contributed by atoms with van der Waals surface area (Å²) in [5.74, 6) is -0.625. The quantitative estimate of drug-likeness (QED) is 0.618. The fourth-order valence-electron chi connectivity index (χ4n) is 2.06. The molecule has 0 aliphatic carbocycles. The SMILES string of the molecule is COc1ccccc1OC(=O)CNC(=O)c1cccc(NC(C)=O)c1. The van der Waals surface area contributed by atoms with Gasteiger partial charge in [0.2, 0.25) is 5.91 Å². The minimum atomic E-state index is -0.629. The number of esters is 1. The van der Waals surface area contributed by atoms with Crippen LogP contribution in [0.25, 0.3) is 0 Å². The summed E-state index contributed by atoms with van der Waals surface area (Å²) in [6.45, 7) is 1.07. The van der Waals surface area contributed by atoms with Crippen LogP contribution in [-0.2, 0) is 9.59 Å². The summed E-state index contributed by atoms with van der Waals surface area (Å²) in [6, 6.07) is 13.1. The molecule has 0 fully saturated rings. The molecule has 7 heteroatoms. The maximum Gasteiger partial charge on any atom is 0.330 e. The zero-order chi connectivity index (χ0) is 18.2. The number of amides is 2. The second-order valence-electron chi connectivity index (χ2n) is 5.07. The molecule has 0 unspecified atom stereocenters. The Morgan fingerprint density at radius 1 is 1.00 bits per heavy atom. The molecule has 0 aliphatic heterocycles. The van der Waals surface area contributed by atoms with E-state index in [0.29, 0.717) is 17.0 Å². The van der Waals surface area contributed by atoms with Crippen LogP contribution in [0, 0.1) is 0 Å². The molecule has 2 aromatic rings. The fraction of sp³-hybridized carbons (Fsp3) is 0.167. The molecule has 0 saturated carbocycles. The lowest BCUT2D eigenvalue weighted by molar-refractivity contribution is -0.133. The van der Waals surface area contributed by atoms with E-state index >= 15 is 0 Å². The molecule has 0 heterocycles. The highest BCUT2D eigenvalue weighted by Gasteiger charge is 2.12. The van der Waals surface area contributed by atoms with Crippen molar-refractivity contribution in [2.75, 3.05) is 19.0 Å². The topological polar surface area (TPSA) is 93.7 Å². The van der Waals surface area contributed by atoms with Crippen molar-refractivity contribution in [2.45, 2.75) is 6.92 Å². The molecule has 0 atom stereocenters. The Hall–Kier alpha value is -3.35. The first-order chi connectivity index (χ1) is 12.0. The number of anilines is 1. The fourth-order valence-corrected chi connectivity index (χ4v) is 2.06. The third-order valence-corrected chi connectivity index (χ3v) is 3.13. The summed E-state index contributed by atoms with van der Waals surface area (Å²) < 4.78 is 10.3. The van der Waals surface area contributed by atoms with E-state index in [2.05, 4.69) is 10.6 Å². The lowest BCUT2D eigenvalue weighted by Gasteiger charge is -2.10. The molecule has 0 spiro atoms. The minimum absolute atomic E-state index is 0.238. The van der Waals surface area contributed by atoms with Crippen molar-refractivity contribution >= 4 is 23.5 Å². The van der Waals surface area contributed by atoms with Crippen molar-refractivity contribution in [1.29, 1.82) is 0 Å². The molecule has 2 N–H and O–H groups in total. The van der Waals surface area contributed by atoms with E-state index < -0.39 is 11.9 Å². The molecule has 130 valence electrons. The lowest BCUT2D eigenvalue weighted by Crippen LogP contribution is -2.32. The maximum absolute atomic E-state index is 12.1. The van der Waals surface area contributed by atoms with Gasteiger partial charge in [0.1, 0.15) is 6.54 Å². The van der Waals surface area contributed by atoms with Gasteiger partial charge in [-0.1, -0.05) is 18.2 Å². The van der Waals surface area contributed by atoms with Gasteiger partial charge in [-0.2, -0.15) is 0 Å². The van der Waals surface area contributed by atoms with E-state index in [-0.39, 0.29) is 18.2 Å². The normalized spacial score (nSPS) is 9.84.